The highest BCUT2D eigenvalue weighted by molar-refractivity contribution is 6.32. The molecule has 1 aliphatic heterocycles. The molecule has 0 radical (unpaired) electrons. The lowest BCUT2D eigenvalue weighted by molar-refractivity contribution is -0.201. The van der Waals surface area contributed by atoms with Gasteiger partial charge in [0.2, 0.25) is 0 Å². The molecule has 9 nitrogen and oxygen atoms in total. The van der Waals surface area contributed by atoms with Crippen LogP contribution in [0.1, 0.15) is 49.8 Å². The molecule has 3 aromatic rings. The molecule has 3 unspecified atom stereocenters. The summed E-state index contributed by atoms with van der Waals surface area (Å²) >= 11 is 6.31. The summed E-state index contributed by atoms with van der Waals surface area (Å²) in [5, 5.41) is 13.1. The van der Waals surface area contributed by atoms with E-state index in [-0.39, 0.29) is 25.6 Å². The van der Waals surface area contributed by atoms with Gasteiger partial charge in [0, 0.05) is 12.3 Å². The van der Waals surface area contributed by atoms with Gasteiger partial charge in [-0.3, -0.25) is 0 Å². The molecule has 0 aliphatic carbocycles. The van der Waals surface area contributed by atoms with Crippen LogP contribution in [-0.4, -0.2) is 67.5 Å². The van der Waals surface area contributed by atoms with Gasteiger partial charge in [-0.15, -0.1) is 5.06 Å². The number of β-amino-alcohol motifs (C(OH)–C–C–N with tert-alkyl or cyclic N) is 1. The summed E-state index contributed by atoms with van der Waals surface area (Å²) in [5.74, 6) is 0.908. The molecule has 1 N–H and O–H groups in total. The monoisotopic (exact) mass is 627 g/mol. The lowest BCUT2D eigenvalue weighted by Gasteiger charge is -2.40. The van der Waals surface area contributed by atoms with Crippen LogP contribution in [0.15, 0.2) is 72.8 Å². The number of aliphatic hydroxyl groups is 1. The summed E-state index contributed by atoms with van der Waals surface area (Å²) in [5.41, 5.74) is 2.15. The van der Waals surface area contributed by atoms with Crippen molar-refractivity contribution >= 4 is 17.8 Å². The summed E-state index contributed by atoms with van der Waals surface area (Å²) in [7, 11) is 1.56. The van der Waals surface area contributed by atoms with E-state index < -0.39 is 24.0 Å². The van der Waals surface area contributed by atoms with E-state index in [0.717, 1.165) is 28.9 Å². The van der Waals surface area contributed by atoms with E-state index in [1.54, 1.807) is 40.0 Å². The molecule has 0 bridgehead atoms. The average Bonchev–Trinajstić information content (AvgIpc) is 2.98. The normalized spacial score (nSPS) is 18.9. The number of rotatable bonds is 13. The number of hydrogen-bond donors (Lipinski definition) is 1. The van der Waals surface area contributed by atoms with Crippen LogP contribution in [-0.2, 0) is 32.3 Å². The Morgan fingerprint density at radius 3 is 2.39 bits per heavy atom. The fourth-order valence-electron chi connectivity index (χ4n) is 4.90. The van der Waals surface area contributed by atoms with Gasteiger partial charge < -0.3 is 33.6 Å². The Kier molecular flexibility index (Phi) is 12.3. The van der Waals surface area contributed by atoms with E-state index in [1.807, 2.05) is 60.7 Å². The minimum Gasteiger partial charge on any atom is -0.495 e. The number of hydroxylamine groups is 2. The number of piperidine rings is 1. The first-order chi connectivity index (χ1) is 21.1. The Morgan fingerprint density at radius 1 is 0.955 bits per heavy atom. The van der Waals surface area contributed by atoms with Gasteiger partial charge in [-0.25, -0.2) is 4.79 Å². The van der Waals surface area contributed by atoms with Crippen LogP contribution in [0, 0.1) is 0 Å². The molecule has 1 fully saturated rings. The van der Waals surface area contributed by atoms with Gasteiger partial charge in [0.05, 0.1) is 63.9 Å². The van der Waals surface area contributed by atoms with Crippen LogP contribution in [0.4, 0.5) is 4.79 Å². The van der Waals surface area contributed by atoms with Crippen molar-refractivity contribution in [1.82, 2.24) is 5.06 Å². The summed E-state index contributed by atoms with van der Waals surface area (Å²) in [6.07, 6.45) is -1.48. The van der Waals surface area contributed by atoms with Crippen molar-refractivity contribution in [2.24, 2.45) is 0 Å². The van der Waals surface area contributed by atoms with Gasteiger partial charge in [-0.05, 0) is 61.7 Å². The highest BCUT2D eigenvalue weighted by Gasteiger charge is 2.40. The SMILES string of the molecule is COc1ccc(COC2CN(OC(=O)OC(C)(C)C)CC(O)C2c2ccc(OCCCOCc3ccccc3)cc2)cc1Cl. The highest BCUT2D eigenvalue weighted by atomic mass is 35.5. The third-order valence-corrected chi connectivity index (χ3v) is 7.24. The third kappa shape index (κ3) is 10.4. The Hall–Kier alpha value is -3.34. The zero-order valence-corrected chi connectivity index (χ0v) is 26.5. The first-order valence-electron chi connectivity index (χ1n) is 14.7. The number of methoxy groups -OCH3 is 1. The average molecular weight is 628 g/mol. The third-order valence-electron chi connectivity index (χ3n) is 6.94. The van der Waals surface area contributed by atoms with Crippen LogP contribution >= 0.6 is 11.6 Å². The van der Waals surface area contributed by atoms with Crippen LogP contribution in [0.2, 0.25) is 5.02 Å². The van der Waals surface area contributed by atoms with Crippen LogP contribution < -0.4 is 9.47 Å². The van der Waals surface area contributed by atoms with Crippen molar-refractivity contribution in [1.29, 1.82) is 0 Å². The van der Waals surface area contributed by atoms with Crippen LogP contribution in [0.3, 0.4) is 0 Å². The van der Waals surface area contributed by atoms with Gasteiger partial charge in [-0.1, -0.05) is 60.1 Å². The van der Waals surface area contributed by atoms with E-state index in [9.17, 15) is 9.90 Å². The number of benzene rings is 3. The van der Waals surface area contributed by atoms with Crippen molar-refractivity contribution in [3.05, 3.63) is 94.5 Å². The molecule has 0 aromatic heterocycles. The van der Waals surface area contributed by atoms with Crippen LogP contribution in [0.5, 0.6) is 11.5 Å². The molecule has 10 heteroatoms. The first-order valence-corrected chi connectivity index (χ1v) is 15.1. The van der Waals surface area contributed by atoms with Gasteiger partial charge in [0.1, 0.15) is 17.1 Å². The number of nitrogens with zero attached hydrogens (tertiary/aromatic N) is 1. The fraction of sp³-hybridized carbons (Fsp3) is 0.441. The topological polar surface area (TPSA) is 95.9 Å². The lowest BCUT2D eigenvalue weighted by Crippen LogP contribution is -2.52. The fourth-order valence-corrected chi connectivity index (χ4v) is 5.19. The quantitative estimate of drug-likeness (QED) is 0.167. The lowest BCUT2D eigenvalue weighted by atomic mass is 9.85. The minimum atomic E-state index is -0.885. The summed E-state index contributed by atoms with van der Waals surface area (Å²) < 4.78 is 28.5. The largest absolute Gasteiger partial charge is 0.528 e. The second-order valence-corrected chi connectivity index (χ2v) is 12.0. The Bertz CT molecular complexity index is 1320. The molecule has 0 spiro atoms. The van der Waals surface area contributed by atoms with Crippen molar-refractivity contribution in [3.63, 3.8) is 0 Å². The molecule has 4 rings (SSSR count). The van der Waals surface area contributed by atoms with E-state index in [1.165, 1.54) is 5.06 Å². The summed E-state index contributed by atoms with van der Waals surface area (Å²) in [6, 6.07) is 23.1. The smallest absolute Gasteiger partial charge is 0.495 e. The molecule has 238 valence electrons. The van der Waals surface area contributed by atoms with Gasteiger partial charge in [-0.2, -0.15) is 0 Å². The molecular formula is C34H42ClNO8. The molecule has 1 aliphatic rings. The van der Waals surface area contributed by atoms with Gasteiger partial charge in [0.25, 0.3) is 0 Å². The maximum atomic E-state index is 12.4. The van der Waals surface area contributed by atoms with E-state index >= 15 is 0 Å². The van der Waals surface area contributed by atoms with Crippen molar-refractivity contribution in [2.45, 2.75) is 64.1 Å². The predicted octanol–water partition coefficient (Wildman–Crippen LogP) is 6.55. The van der Waals surface area contributed by atoms with Crippen molar-refractivity contribution < 1.29 is 38.4 Å². The second-order valence-electron chi connectivity index (χ2n) is 11.6. The minimum absolute atomic E-state index is 0.0966. The van der Waals surface area contributed by atoms with Crippen molar-refractivity contribution in [3.8, 4) is 11.5 Å². The first kappa shape index (κ1) is 33.6. The number of halogens is 1. The molecule has 3 aromatic carbocycles. The van der Waals surface area contributed by atoms with E-state index in [0.29, 0.717) is 30.6 Å². The summed E-state index contributed by atoms with van der Waals surface area (Å²) in [6.45, 7) is 7.53. The zero-order valence-electron chi connectivity index (χ0n) is 25.7. The molecule has 1 saturated heterocycles. The van der Waals surface area contributed by atoms with E-state index in [2.05, 4.69) is 0 Å². The maximum Gasteiger partial charge on any atom is 0.528 e. The highest BCUT2D eigenvalue weighted by Crippen LogP contribution is 2.33. The van der Waals surface area contributed by atoms with Gasteiger partial charge >= 0.3 is 6.16 Å². The Labute approximate surface area is 264 Å². The molecule has 0 saturated carbocycles. The van der Waals surface area contributed by atoms with Crippen molar-refractivity contribution in [2.75, 3.05) is 33.4 Å². The zero-order chi connectivity index (χ0) is 31.5. The number of aliphatic hydroxyl groups excluding tert-OH is 1. The Balaban J connectivity index is 1.37. The number of carbonyl (C=O) groups excluding carboxylic acids is 1. The van der Waals surface area contributed by atoms with E-state index in [4.69, 9.17) is 40.1 Å². The standard InChI is InChI=1S/C34H42ClNO8/c1-34(2,3)43-33(38)44-36-20-29(37)32(31(21-36)42-23-25-11-16-30(39-4)28(35)19-25)26-12-14-27(15-13-26)41-18-8-17-40-22-24-9-6-5-7-10-24/h5-7,9-16,19,29,31-32,37H,8,17-18,20-23H2,1-4H3. The molecular weight excluding hydrogens is 586 g/mol. The Morgan fingerprint density at radius 2 is 1.70 bits per heavy atom. The van der Waals surface area contributed by atoms with Crippen LogP contribution in [0.25, 0.3) is 0 Å². The maximum absolute atomic E-state index is 12.4. The molecule has 3 atom stereocenters. The molecule has 44 heavy (non-hydrogen) atoms. The molecule has 0 amide bonds. The predicted molar refractivity (Wildman–Crippen MR) is 167 cm³/mol. The number of hydrogen-bond acceptors (Lipinski definition) is 9. The molecule has 1 heterocycles. The number of carbonyl (C=O) groups is 1. The number of ether oxygens (including phenoxy) is 5. The van der Waals surface area contributed by atoms with Gasteiger partial charge in [0.15, 0.2) is 0 Å². The second kappa shape index (κ2) is 16.1. The summed E-state index contributed by atoms with van der Waals surface area (Å²) in [4.78, 5) is 17.8.